The summed E-state index contributed by atoms with van der Waals surface area (Å²) in [6, 6.07) is 11.0. The monoisotopic (exact) mass is 254 g/mol. The molecular weight excluding hydrogens is 240 g/mol. The zero-order valence-electron chi connectivity index (χ0n) is 10.5. The first-order valence-corrected chi connectivity index (χ1v) is 6.01. The first-order chi connectivity index (χ1) is 9.16. The molecule has 5 heteroatoms. The third kappa shape index (κ3) is 1.89. The van der Waals surface area contributed by atoms with Crippen LogP contribution < -0.4 is 16.0 Å². The lowest BCUT2D eigenvalue weighted by Gasteiger charge is -2.35. The van der Waals surface area contributed by atoms with Crippen LogP contribution in [0.15, 0.2) is 42.6 Å². The van der Waals surface area contributed by atoms with Crippen molar-refractivity contribution < 1.29 is 4.79 Å². The Kier molecular flexibility index (Phi) is 2.59. The van der Waals surface area contributed by atoms with Crippen molar-refractivity contribution in [1.29, 1.82) is 0 Å². The summed E-state index contributed by atoms with van der Waals surface area (Å²) in [4.78, 5) is 18.3. The Morgan fingerprint density at radius 3 is 2.95 bits per heavy atom. The molecule has 1 aliphatic heterocycles. The van der Waals surface area contributed by atoms with Crippen LogP contribution in [0.1, 0.15) is 22.1 Å². The van der Waals surface area contributed by atoms with E-state index >= 15 is 0 Å². The number of nitrogens with zero attached hydrogens (tertiary/aromatic N) is 2. The molecule has 0 aliphatic carbocycles. The molecule has 1 aromatic carbocycles. The van der Waals surface area contributed by atoms with Gasteiger partial charge in [0, 0.05) is 18.9 Å². The van der Waals surface area contributed by atoms with Gasteiger partial charge in [0.1, 0.15) is 12.0 Å². The van der Waals surface area contributed by atoms with Gasteiger partial charge in [-0.05, 0) is 29.8 Å². The van der Waals surface area contributed by atoms with Crippen molar-refractivity contribution >= 4 is 17.4 Å². The first-order valence-electron chi connectivity index (χ1n) is 6.01. The topological polar surface area (TPSA) is 71.2 Å². The van der Waals surface area contributed by atoms with E-state index in [0.717, 1.165) is 5.56 Å². The molecule has 1 aromatic heterocycles. The zero-order chi connectivity index (χ0) is 13.4. The van der Waals surface area contributed by atoms with Gasteiger partial charge in [-0.2, -0.15) is 0 Å². The Balaban J connectivity index is 2.05. The average molecular weight is 254 g/mol. The molecule has 1 atom stereocenters. The van der Waals surface area contributed by atoms with Gasteiger partial charge >= 0.3 is 0 Å². The van der Waals surface area contributed by atoms with Gasteiger partial charge in [-0.15, -0.1) is 0 Å². The molecular formula is C14H14N4O. The number of nitrogen functional groups attached to an aromatic ring is 1. The Morgan fingerprint density at radius 2 is 2.16 bits per heavy atom. The highest BCUT2D eigenvalue weighted by atomic mass is 16.2. The molecule has 19 heavy (non-hydrogen) atoms. The molecule has 3 rings (SSSR count). The Hall–Kier alpha value is -2.56. The first kappa shape index (κ1) is 11.5. The van der Waals surface area contributed by atoms with E-state index in [1.807, 2.05) is 36.2 Å². The largest absolute Gasteiger partial charge is 0.399 e. The molecule has 1 amide bonds. The number of anilines is 2. The summed E-state index contributed by atoms with van der Waals surface area (Å²) in [6.45, 7) is 0. The minimum absolute atomic E-state index is 0.117. The summed E-state index contributed by atoms with van der Waals surface area (Å²) in [5.41, 5.74) is 7.99. The number of fused-ring (bicyclic) bond motifs is 1. The van der Waals surface area contributed by atoms with Crippen LogP contribution in [0, 0.1) is 0 Å². The predicted molar refractivity (Wildman–Crippen MR) is 73.7 cm³/mol. The lowest BCUT2D eigenvalue weighted by molar-refractivity contribution is 0.0927. The molecule has 2 aromatic rings. The predicted octanol–water partition coefficient (Wildman–Crippen LogP) is 1.54. The maximum Gasteiger partial charge on any atom is 0.256 e. The van der Waals surface area contributed by atoms with Crippen molar-refractivity contribution in [2.24, 2.45) is 0 Å². The normalized spacial score (nSPS) is 17.8. The number of carbonyl (C=O) groups is 1. The summed E-state index contributed by atoms with van der Waals surface area (Å²) >= 11 is 0. The molecule has 96 valence electrons. The highest BCUT2D eigenvalue weighted by Gasteiger charge is 2.30. The van der Waals surface area contributed by atoms with E-state index in [-0.39, 0.29) is 12.1 Å². The SMILES string of the molecule is CN1c2ncccc2C(=O)N[C@H]1c1cccc(N)c1. The van der Waals surface area contributed by atoms with Gasteiger partial charge in [0.15, 0.2) is 0 Å². The number of carbonyl (C=O) groups excluding carboxylic acids is 1. The summed E-state index contributed by atoms with van der Waals surface area (Å²) in [5, 5.41) is 2.96. The molecule has 0 saturated carbocycles. The third-order valence-corrected chi connectivity index (χ3v) is 3.25. The van der Waals surface area contributed by atoms with Gasteiger partial charge in [-0.1, -0.05) is 12.1 Å². The second-order valence-electron chi connectivity index (χ2n) is 4.53. The van der Waals surface area contributed by atoms with E-state index in [9.17, 15) is 4.79 Å². The van der Waals surface area contributed by atoms with Crippen molar-refractivity contribution in [2.75, 3.05) is 17.7 Å². The van der Waals surface area contributed by atoms with E-state index in [4.69, 9.17) is 5.73 Å². The lowest BCUT2D eigenvalue weighted by Crippen LogP contribution is -2.45. The van der Waals surface area contributed by atoms with Crippen molar-refractivity contribution in [3.05, 3.63) is 53.7 Å². The Bertz CT molecular complexity index is 641. The molecule has 1 aliphatic rings. The van der Waals surface area contributed by atoms with Crippen molar-refractivity contribution in [2.45, 2.75) is 6.17 Å². The van der Waals surface area contributed by atoms with Crippen LogP contribution in [0.5, 0.6) is 0 Å². The zero-order valence-corrected chi connectivity index (χ0v) is 10.5. The maximum absolute atomic E-state index is 12.1. The standard InChI is InChI=1S/C14H14N4O/c1-18-12(9-4-2-5-10(15)8-9)17-14(19)11-6-3-7-16-13(11)18/h2-8,12H,15H2,1H3,(H,17,19)/t12-/m1/s1. The van der Waals surface area contributed by atoms with Gasteiger partial charge in [0.2, 0.25) is 0 Å². The summed E-state index contributed by atoms with van der Waals surface area (Å²) in [7, 11) is 1.90. The fourth-order valence-corrected chi connectivity index (χ4v) is 2.31. The Labute approximate surface area is 111 Å². The molecule has 0 unspecified atom stereocenters. The van der Waals surface area contributed by atoms with Crippen LogP contribution in [-0.4, -0.2) is 17.9 Å². The molecule has 5 nitrogen and oxygen atoms in total. The minimum atomic E-state index is -0.251. The van der Waals surface area contributed by atoms with E-state index < -0.39 is 0 Å². The van der Waals surface area contributed by atoms with Crippen molar-refractivity contribution in [3.63, 3.8) is 0 Å². The van der Waals surface area contributed by atoms with Crippen molar-refractivity contribution in [3.8, 4) is 0 Å². The van der Waals surface area contributed by atoms with E-state index in [1.54, 1.807) is 18.3 Å². The number of aromatic nitrogens is 1. The third-order valence-electron chi connectivity index (χ3n) is 3.25. The number of hydrogen-bond donors (Lipinski definition) is 2. The van der Waals surface area contributed by atoms with Crippen LogP contribution in [0.25, 0.3) is 0 Å². The Morgan fingerprint density at radius 1 is 1.32 bits per heavy atom. The average Bonchev–Trinajstić information content (AvgIpc) is 2.43. The van der Waals surface area contributed by atoms with Crippen molar-refractivity contribution in [1.82, 2.24) is 10.3 Å². The molecule has 0 saturated heterocycles. The number of pyridine rings is 1. The minimum Gasteiger partial charge on any atom is -0.399 e. The highest BCUT2D eigenvalue weighted by molar-refractivity contribution is 6.01. The van der Waals surface area contributed by atoms with Gasteiger partial charge < -0.3 is 16.0 Å². The molecule has 0 bridgehead atoms. The van der Waals surface area contributed by atoms with Crippen LogP contribution >= 0.6 is 0 Å². The molecule has 3 N–H and O–H groups in total. The highest BCUT2D eigenvalue weighted by Crippen LogP contribution is 2.30. The number of nitrogens with two attached hydrogens (primary N) is 1. The van der Waals surface area contributed by atoms with Gasteiger partial charge in [0.05, 0.1) is 5.56 Å². The number of amides is 1. The molecule has 0 spiro atoms. The van der Waals surface area contributed by atoms with E-state index in [1.165, 1.54) is 0 Å². The second-order valence-corrected chi connectivity index (χ2v) is 4.53. The van der Waals surface area contributed by atoms with Crippen LogP contribution in [0.2, 0.25) is 0 Å². The summed E-state index contributed by atoms with van der Waals surface area (Å²) < 4.78 is 0. The number of rotatable bonds is 1. The number of hydrogen-bond acceptors (Lipinski definition) is 4. The van der Waals surface area contributed by atoms with Gasteiger partial charge in [-0.3, -0.25) is 4.79 Å². The van der Waals surface area contributed by atoms with E-state index in [0.29, 0.717) is 17.1 Å². The van der Waals surface area contributed by atoms with Gasteiger partial charge in [-0.25, -0.2) is 4.98 Å². The molecule has 0 fully saturated rings. The smallest absolute Gasteiger partial charge is 0.256 e. The van der Waals surface area contributed by atoms with Crippen LogP contribution in [0.3, 0.4) is 0 Å². The fraction of sp³-hybridized carbons (Fsp3) is 0.143. The molecule has 2 heterocycles. The number of nitrogens with one attached hydrogen (secondary N) is 1. The van der Waals surface area contributed by atoms with Crippen LogP contribution in [-0.2, 0) is 0 Å². The quantitative estimate of drug-likeness (QED) is 0.757. The van der Waals surface area contributed by atoms with Gasteiger partial charge in [0.25, 0.3) is 5.91 Å². The summed E-state index contributed by atoms with van der Waals surface area (Å²) in [6.07, 6.45) is 1.43. The number of benzene rings is 1. The lowest BCUT2D eigenvalue weighted by atomic mass is 10.1. The molecule has 0 radical (unpaired) electrons. The van der Waals surface area contributed by atoms with Crippen LogP contribution in [0.4, 0.5) is 11.5 Å². The second kappa shape index (κ2) is 4.28. The summed E-state index contributed by atoms with van der Waals surface area (Å²) in [5.74, 6) is 0.562. The maximum atomic E-state index is 12.1. The fourth-order valence-electron chi connectivity index (χ4n) is 2.31. The van der Waals surface area contributed by atoms with E-state index in [2.05, 4.69) is 10.3 Å².